The molecule has 0 saturated carbocycles. The largest absolute Gasteiger partial charge is 0.493 e. The van der Waals surface area contributed by atoms with Crippen LogP contribution in [0.5, 0.6) is 11.5 Å². The van der Waals surface area contributed by atoms with Crippen LogP contribution >= 0.6 is 68.4 Å². The van der Waals surface area contributed by atoms with Gasteiger partial charge in [-0.05, 0) is 105 Å². The van der Waals surface area contributed by atoms with Gasteiger partial charge in [-0.15, -0.1) is 0 Å². The summed E-state index contributed by atoms with van der Waals surface area (Å²) in [7, 11) is 1.57. The number of carbonyl (C=O) groups excluding carboxylic acids is 1. The maximum absolute atomic E-state index is 12.4. The molecule has 0 aliphatic carbocycles. The first-order chi connectivity index (χ1) is 15.8. The zero-order chi connectivity index (χ0) is 23.5. The van der Waals surface area contributed by atoms with Crippen LogP contribution in [0.4, 0.5) is 0 Å². The van der Waals surface area contributed by atoms with Crippen molar-refractivity contribution in [2.45, 2.75) is 6.61 Å². The third kappa shape index (κ3) is 5.82. The maximum atomic E-state index is 12.4. The molecule has 0 unspecified atom stereocenters. The fraction of sp³-hybridized carbons (Fsp3) is 0.0833. The van der Waals surface area contributed by atoms with Crippen molar-refractivity contribution in [3.8, 4) is 11.5 Å². The second-order valence-corrected chi connectivity index (χ2v) is 10.1. The molecule has 1 heterocycles. The Morgan fingerprint density at radius 3 is 2.61 bits per heavy atom. The first-order valence-electron chi connectivity index (χ1n) is 9.57. The summed E-state index contributed by atoms with van der Waals surface area (Å²) < 4.78 is 18.9. The van der Waals surface area contributed by atoms with Gasteiger partial charge in [0.25, 0.3) is 0 Å². The second-order valence-electron chi connectivity index (χ2n) is 6.92. The van der Waals surface area contributed by atoms with Crippen molar-refractivity contribution >= 4 is 86.3 Å². The van der Waals surface area contributed by atoms with E-state index >= 15 is 0 Å². The number of hydrogen-bond acceptors (Lipinski definition) is 5. The number of ether oxygens (including phenoxy) is 3. The highest BCUT2D eigenvalue weighted by molar-refractivity contribution is 14.1. The summed E-state index contributed by atoms with van der Waals surface area (Å²) in [5.74, 6) is 0.806. The van der Waals surface area contributed by atoms with Crippen LogP contribution in [-0.4, -0.2) is 19.0 Å². The van der Waals surface area contributed by atoms with Gasteiger partial charge in [-0.25, -0.2) is 9.79 Å². The number of cyclic esters (lactones) is 1. The van der Waals surface area contributed by atoms with Crippen molar-refractivity contribution in [1.29, 1.82) is 0 Å². The number of halogens is 4. The van der Waals surface area contributed by atoms with E-state index < -0.39 is 5.97 Å². The molecule has 3 aromatic carbocycles. The summed E-state index contributed by atoms with van der Waals surface area (Å²) in [6.45, 7) is 0.410. The molecule has 0 radical (unpaired) electrons. The normalized spacial score (nSPS) is 14.3. The van der Waals surface area contributed by atoms with Crippen molar-refractivity contribution < 1.29 is 19.0 Å². The quantitative estimate of drug-likeness (QED) is 0.156. The monoisotopic (exact) mass is 705 g/mol. The Labute approximate surface area is 228 Å². The average Bonchev–Trinajstić information content (AvgIpc) is 3.14. The van der Waals surface area contributed by atoms with Gasteiger partial charge in [0.2, 0.25) is 5.90 Å². The molecular weight excluding hydrogens is 691 g/mol. The fourth-order valence-electron chi connectivity index (χ4n) is 3.07. The van der Waals surface area contributed by atoms with E-state index in [0.717, 1.165) is 18.3 Å². The molecule has 0 atom stereocenters. The Bertz CT molecular complexity index is 1310. The Morgan fingerprint density at radius 1 is 1.06 bits per heavy atom. The molecule has 3 aromatic rings. The van der Waals surface area contributed by atoms with Gasteiger partial charge < -0.3 is 14.2 Å². The molecule has 0 saturated heterocycles. The van der Waals surface area contributed by atoms with Gasteiger partial charge in [-0.2, -0.15) is 0 Å². The molecule has 9 heteroatoms. The summed E-state index contributed by atoms with van der Waals surface area (Å²) in [6.07, 6.45) is 1.64. The predicted molar refractivity (Wildman–Crippen MR) is 146 cm³/mol. The van der Waals surface area contributed by atoms with E-state index in [0.29, 0.717) is 33.7 Å². The molecule has 33 heavy (non-hydrogen) atoms. The van der Waals surface area contributed by atoms with E-state index in [4.69, 9.17) is 37.4 Å². The van der Waals surface area contributed by atoms with E-state index in [9.17, 15) is 4.79 Å². The second kappa shape index (κ2) is 10.6. The van der Waals surface area contributed by atoms with Gasteiger partial charge in [-0.1, -0.05) is 35.3 Å². The van der Waals surface area contributed by atoms with Crippen LogP contribution in [0, 0.1) is 7.14 Å². The van der Waals surface area contributed by atoms with Gasteiger partial charge in [0.05, 0.1) is 20.7 Å². The molecular formula is C24H15Cl2I2NO4. The van der Waals surface area contributed by atoms with Crippen LogP contribution in [0.1, 0.15) is 16.7 Å². The third-order valence-electron chi connectivity index (χ3n) is 4.61. The molecule has 0 fully saturated rings. The topological polar surface area (TPSA) is 57.1 Å². The Morgan fingerprint density at radius 2 is 1.88 bits per heavy atom. The smallest absolute Gasteiger partial charge is 0.363 e. The third-order valence-corrected chi connectivity index (χ3v) is 6.83. The lowest BCUT2D eigenvalue weighted by molar-refractivity contribution is -0.129. The van der Waals surface area contributed by atoms with E-state index in [1.807, 2.05) is 24.3 Å². The summed E-state index contributed by atoms with van der Waals surface area (Å²) in [4.78, 5) is 16.7. The van der Waals surface area contributed by atoms with Crippen molar-refractivity contribution in [2.75, 3.05) is 7.11 Å². The number of nitrogens with zero attached hydrogens (tertiary/aromatic N) is 1. The number of benzene rings is 3. The predicted octanol–water partition coefficient (Wildman–Crippen LogP) is 7.13. The van der Waals surface area contributed by atoms with Crippen LogP contribution in [0.3, 0.4) is 0 Å². The number of aliphatic imine (C=N–C) groups is 1. The summed E-state index contributed by atoms with van der Waals surface area (Å²) >= 11 is 16.5. The molecule has 0 N–H and O–H groups in total. The number of methoxy groups -OCH3 is 1. The number of hydrogen-bond donors (Lipinski definition) is 0. The number of carbonyl (C=O) groups is 1. The van der Waals surface area contributed by atoms with Crippen molar-refractivity contribution in [3.05, 3.63) is 94.2 Å². The average molecular weight is 706 g/mol. The van der Waals surface area contributed by atoms with Crippen LogP contribution in [0.15, 0.2) is 65.3 Å². The zero-order valence-electron chi connectivity index (χ0n) is 17.1. The summed E-state index contributed by atoms with van der Waals surface area (Å²) in [5, 5.41) is 0.762. The minimum Gasteiger partial charge on any atom is -0.493 e. The summed E-state index contributed by atoms with van der Waals surface area (Å²) in [5.41, 5.74) is 2.52. The molecule has 168 valence electrons. The fourth-order valence-corrected chi connectivity index (χ4v) is 4.75. The lowest BCUT2D eigenvalue weighted by Gasteiger charge is -2.14. The van der Waals surface area contributed by atoms with Crippen LogP contribution in [0.2, 0.25) is 10.0 Å². The van der Waals surface area contributed by atoms with Crippen molar-refractivity contribution in [1.82, 2.24) is 0 Å². The van der Waals surface area contributed by atoms with Gasteiger partial charge >= 0.3 is 5.97 Å². The first kappa shape index (κ1) is 24.3. The highest BCUT2D eigenvalue weighted by atomic mass is 127. The van der Waals surface area contributed by atoms with Crippen molar-refractivity contribution in [2.24, 2.45) is 4.99 Å². The van der Waals surface area contributed by atoms with E-state index in [1.165, 1.54) is 0 Å². The molecule has 4 rings (SSSR count). The minimum atomic E-state index is -0.552. The van der Waals surface area contributed by atoms with E-state index in [-0.39, 0.29) is 11.6 Å². The van der Waals surface area contributed by atoms with Gasteiger partial charge in [-0.3, -0.25) is 0 Å². The lowest BCUT2D eigenvalue weighted by atomic mass is 10.1. The maximum Gasteiger partial charge on any atom is 0.363 e. The molecule has 1 aliphatic rings. The Balaban J connectivity index is 1.59. The minimum absolute atomic E-state index is 0.168. The molecule has 0 amide bonds. The van der Waals surface area contributed by atoms with Crippen LogP contribution in [0.25, 0.3) is 6.08 Å². The van der Waals surface area contributed by atoms with Gasteiger partial charge in [0.15, 0.2) is 17.2 Å². The molecule has 0 bridgehead atoms. The first-order valence-corrected chi connectivity index (χ1v) is 12.5. The van der Waals surface area contributed by atoms with Crippen molar-refractivity contribution in [3.63, 3.8) is 0 Å². The standard InChI is InChI=1S/C24H15Cl2I2NO4/c1-31-21-10-14(8-19(28)22(21)32-12-13-3-2-4-16(27)7-13)9-20-24(30)33-23(29-20)15-5-6-17(25)18(26)11-15/h2-11H,12H2,1H3/b20-9-. The SMILES string of the molecule is COc1cc(/C=C2\N=C(c3ccc(Cl)c(Cl)c3)OC2=O)cc(I)c1OCc1cccc(I)c1. The number of rotatable bonds is 6. The molecule has 5 nitrogen and oxygen atoms in total. The summed E-state index contributed by atoms with van der Waals surface area (Å²) in [6, 6.07) is 16.7. The van der Waals surface area contributed by atoms with Gasteiger partial charge in [0, 0.05) is 9.13 Å². The Hall–Kier alpha value is -1.82. The number of esters is 1. The van der Waals surface area contributed by atoms with Crippen LogP contribution in [-0.2, 0) is 16.1 Å². The zero-order valence-corrected chi connectivity index (χ0v) is 22.9. The molecule has 0 aromatic heterocycles. The van der Waals surface area contributed by atoms with E-state index in [2.05, 4.69) is 56.2 Å². The highest BCUT2D eigenvalue weighted by Gasteiger charge is 2.25. The lowest BCUT2D eigenvalue weighted by Crippen LogP contribution is -2.05. The van der Waals surface area contributed by atoms with Crippen LogP contribution < -0.4 is 9.47 Å². The van der Waals surface area contributed by atoms with E-state index in [1.54, 1.807) is 37.5 Å². The molecule has 1 aliphatic heterocycles. The highest BCUT2D eigenvalue weighted by Crippen LogP contribution is 2.36. The molecule has 0 spiro atoms. The Kier molecular flexibility index (Phi) is 7.83. The van der Waals surface area contributed by atoms with Gasteiger partial charge in [0.1, 0.15) is 6.61 Å².